The zero-order valence-electron chi connectivity index (χ0n) is 16.2. The highest BCUT2D eigenvalue weighted by atomic mass is 16.5. The normalized spacial score (nSPS) is 19.6. The van der Waals surface area contributed by atoms with E-state index in [1.165, 1.54) is 4.90 Å². The van der Waals surface area contributed by atoms with Crippen molar-refractivity contribution in [1.29, 1.82) is 0 Å². The third-order valence-electron chi connectivity index (χ3n) is 4.30. The maximum atomic E-state index is 13.1. The summed E-state index contributed by atoms with van der Waals surface area (Å²) in [5, 5.41) is 13.7. The molecule has 3 rings (SSSR count). The molecule has 150 valence electrons. The Morgan fingerprint density at radius 2 is 2.00 bits per heavy atom. The number of carboxylic acids is 1. The smallest absolute Gasteiger partial charge is 0.334 e. The predicted molar refractivity (Wildman–Crippen MR) is 102 cm³/mol. The minimum atomic E-state index is -1.09. The first-order valence-electron chi connectivity index (χ1n) is 9.30. The zero-order valence-corrected chi connectivity index (χ0v) is 16.2. The fourth-order valence-corrected chi connectivity index (χ4v) is 2.98. The van der Waals surface area contributed by atoms with E-state index in [2.05, 4.69) is 5.10 Å². The van der Waals surface area contributed by atoms with Crippen molar-refractivity contribution in [3.8, 4) is 11.4 Å². The first kappa shape index (κ1) is 19.9. The number of amides is 1. The van der Waals surface area contributed by atoms with Crippen molar-refractivity contribution in [2.45, 2.75) is 33.0 Å². The Kier molecular flexibility index (Phi) is 5.99. The molecule has 0 radical (unpaired) electrons. The van der Waals surface area contributed by atoms with E-state index < -0.39 is 12.1 Å². The van der Waals surface area contributed by atoms with Crippen LogP contribution in [0.2, 0.25) is 0 Å². The minimum Gasteiger partial charge on any atom is -0.489 e. The fourth-order valence-electron chi connectivity index (χ4n) is 2.98. The highest BCUT2D eigenvalue weighted by Gasteiger charge is 2.35. The molecular weight excluding hydrogens is 362 g/mol. The number of aromatic nitrogens is 2. The van der Waals surface area contributed by atoms with Crippen LogP contribution in [0.25, 0.3) is 5.69 Å². The van der Waals surface area contributed by atoms with Gasteiger partial charge < -0.3 is 19.5 Å². The second kappa shape index (κ2) is 8.43. The van der Waals surface area contributed by atoms with Gasteiger partial charge in [-0.05, 0) is 25.0 Å². The first-order valence-corrected chi connectivity index (χ1v) is 9.30. The molecule has 1 fully saturated rings. The Bertz CT molecular complexity index is 834. The molecule has 2 aromatic rings. The molecule has 1 aliphatic rings. The summed E-state index contributed by atoms with van der Waals surface area (Å²) < 4.78 is 12.8. The van der Waals surface area contributed by atoms with E-state index in [0.717, 1.165) is 5.69 Å². The summed E-state index contributed by atoms with van der Waals surface area (Å²) >= 11 is 0. The SMILES string of the molecule is CC(C)COc1cn(-c2ccccc2)nc1C(=O)N1CC(C(=O)O)O[C@H](C)C1. The molecule has 8 nitrogen and oxygen atoms in total. The number of rotatable bonds is 6. The van der Waals surface area contributed by atoms with Gasteiger partial charge in [0.1, 0.15) is 0 Å². The van der Waals surface area contributed by atoms with Crippen LogP contribution in [0, 0.1) is 5.92 Å². The topological polar surface area (TPSA) is 93.9 Å². The van der Waals surface area contributed by atoms with Gasteiger partial charge in [0.2, 0.25) is 0 Å². The summed E-state index contributed by atoms with van der Waals surface area (Å²) in [5.74, 6) is -0.790. The number of morpholine rings is 1. The first-order chi connectivity index (χ1) is 13.3. The van der Waals surface area contributed by atoms with Gasteiger partial charge >= 0.3 is 5.97 Å². The van der Waals surface area contributed by atoms with Gasteiger partial charge in [-0.25, -0.2) is 9.48 Å². The lowest BCUT2D eigenvalue weighted by Gasteiger charge is -2.34. The summed E-state index contributed by atoms with van der Waals surface area (Å²) in [7, 11) is 0. The lowest BCUT2D eigenvalue weighted by atomic mass is 10.2. The standard InChI is InChI=1S/C20H25N3O5/c1-13(2)12-27-16-11-23(15-7-5-4-6-8-15)21-18(16)19(24)22-9-14(3)28-17(10-22)20(25)26/h4-8,11,13-14,17H,9-10,12H2,1-3H3,(H,25,26)/t14-,17?/m1/s1. The molecule has 0 bridgehead atoms. The van der Waals surface area contributed by atoms with Gasteiger partial charge in [-0.2, -0.15) is 5.10 Å². The van der Waals surface area contributed by atoms with Crippen LogP contribution in [-0.2, 0) is 9.53 Å². The number of ether oxygens (including phenoxy) is 2. The van der Waals surface area contributed by atoms with Crippen LogP contribution in [0.4, 0.5) is 0 Å². The van der Waals surface area contributed by atoms with E-state index in [0.29, 0.717) is 18.9 Å². The number of aliphatic carboxylic acids is 1. The molecule has 1 aromatic carbocycles. The summed E-state index contributed by atoms with van der Waals surface area (Å²) in [6.45, 7) is 6.49. The van der Waals surface area contributed by atoms with Crippen LogP contribution in [0.5, 0.6) is 5.75 Å². The Balaban J connectivity index is 1.90. The number of carbonyl (C=O) groups is 2. The van der Waals surface area contributed by atoms with E-state index in [9.17, 15) is 14.7 Å². The van der Waals surface area contributed by atoms with E-state index in [-0.39, 0.29) is 30.2 Å². The van der Waals surface area contributed by atoms with Gasteiger partial charge in [-0.1, -0.05) is 32.0 Å². The molecule has 0 aliphatic carbocycles. The Morgan fingerprint density at radius 1 is 1.29 bits per heavy atom. The molecule has 28 heavy (non-hydrogen) atoms. The number of para-hydroxylation sites is 1. The summed E-state index contributed by atoms with van der Waals surface area (Å²) in [4.78, 5) is 25.9. The van der Waals surface area contributed by atoms with Crippen molar-refractivity contribution in [3.63, 3.8) is 0 Å². The monoisotopic (exact) mass is 387 g/mol. The van der Waals surface area contributed by atoms with Crippen molar-refractivity contribution in [2.24, 2.45) is 5.92 Å². The van der Waals surface area contributed by atoms with Crippen molar-refractivity contribution in [2.75, 3.05) is 19.7 Å². The van der Waals surface area contributed by atoms with Crippen molar-refractivity contribution in [1.82, 2.24) is 14.7 Å². The number of hydrogen-bond acceptors (Lipinski definition) is 5. The van der Waals surface area contributed by atoms with Gasteiger partial charge in [0.25, 0.3) is 5.91 Å². The molecule has 8 heteroatoms. The number of hydrogen-bond donors (Lipinski definition) is 1. The number of nitrogens with zero attached hydrogens (tertiary/aromatic N) is 3. The largest absolute Gasteiger partial charge is 0.489 e. The highest BCUT2D eigenvalue weighted by Crippen LogP contribution is 2.24. The quantitative estimate of drug-likeness (QED) is 0.817. The Morgan fingerprint density at radius 3 is 2.64 bits per heavy atom. The van der Waals surface area contributed by atoms with Gasteiger partial charge in [0.15, 0.2) is 17.5 Å². The lowest BCUT2D eigenvalue weighted by Crippen LogP contribution is -2.51. The molecule has 2 atom stereocenters. The number of benzene rings is 1. The van der Waals surface area contributed by atoms with Crippen LogP contribution in [0.15, 0.2) is 36.5 Å². The second-order valence-corrected chi connectivity index (χ2v) is 7.31. The van der Waals surface area contributed by atoms with Gasteiger partial charge in [-0.3, -0.25) is 4.79 Å². The minimum absolute atomic E-state index is 0.0275. The maximum Gasteiger partial charge on any atom is 0.334 e. The van der Waals surface area contributed by atoms with Crippen LogP contribution >= 0.6 is 0 Å². The number of carbonyl (C=O) groups excluding carboxylic acids is 1. The van der Waals surface area contributed by atoms with E-state index >= 15 is 0 Å². The Hall–Kier alpha value is -2.87. The predicted octanol–water partition coefficient (Wildman–Crippen LogP) is 2.22. The van der Waals surface area contributed by atoms with Crippen LogP contribution in [-0.4, -0.2) is 63.6 Å². The molecule has 1 unspecified atom stereocenters. The zero-order chi connectivity index (χ0) is 20.3. The van der Waals surface area contributed by atoms with E-state index in [4.69, 9.17) is 9.47 Å². The lowest BCUT2D eigenvalue weighted by molar-refractivity contribution is -0.160. The average Bonchev–Trinajstić information content (AvgIpc) is 3.10. The van der Waals surface area contributed by atoms with Gasteiger partial charge in [0, 0.05) is 6.54 Å². The summed E-state index contributed by atoms with van der Waals surface area (Å²) in [6, 6.07) is 9.43. The molecule has 0 saturated carbocycles. The molecule has 1 N–H and O–H groups in total. The molecule has 1 aromatic heterocycles. The Labute approximate surface area is 163 Å². The van der Waals surface area contributed by atoms with Gasteiger partial charge in [-0.15, -0.1) is 0 Å². The van der Waals surface area contributed by atoms with Crippen LogP contribution in [0.3, 0.4) is 0 Å². The number of carboxylic acid groups (broad SMARTS) is 1. The van der Waals surface area contributed by atoms with Crippen molar-refractivity contribution in [3.05, 3.63) is 42.2 Å². The molecule has 2 heterocycles. The van der Waals surface area contributed by atoms with Gasteiger partial charge in [0.05, 0.1) is 31.1 Å². The third kappa shape index (κ3) is 4.51. The molecule has 1 saturated heterocycles. The molecule has 1 aliphatic heterocycles. The fraction of sp³-hybridized carbons (Fsp3) is 0.450. The maximum absolute atomic E-state index is 13.1. The summed E-state index contributed by atoms with van der Waals surface area (Å²) in [5.41, 5.74) is 0.970. The highest BCUT2D eigenvalue weighted by molar-refractivity contribution is 5.95. The molecule has 1 amide bonds. The van der Waals surface area contributed by atoms with Crippen LogP contribution in [0.1, 0.15) is 31.3 Å². The van der Waals surface area contributed by atoms with Crippen molar-refractivity contribution >= 4 is 11.9 Å². The molecular formula is C20H25N3O5. The molecule has 0 spiro atoms. The van der Waals surface area contributed by atoms with E-state index in [1.54, 1.807) is 17.8 Å². The summed E-state index contributed by atoms with van der Waals surface area (Å²) in [6.07, 6.45) is 0.253. The third-order valence-corrected chi connectivity index (χ3v) is 4.30. The van der Waals surface area contributed by atoms with Crippen molar-refractivity contribution < 1.29 is 24.2 Å². The second-order valence-electron chi connectivity index (χ2n) is 7.31. The van der Waals surface area contributed by atoms with Crippen LogP contribution < -0.4 is 4.74 Å². The average molecular weight is 387 g/mol. The van der Waals surface area contributed by atoms with E-state index in [1.807, 2.05) is 44.2 Å².